The number of phenolic OH excluding ortho intramolecular Hbond substituents is 1. The van der Waals surface area contributed by atoms with E-state index in [2.05, 4.69) is 0 Å². The molecule has 1 aliphatic heterocycles. The Morgan fingerprint density at radius 2 is 2.11 bits per heavy atom. The molecule has 0 saturated heterocycles. The monoisotopic (exact) mass is 259 g/mol. The number of hydrogen-bond donors (Lipinski definition) is 1. The molecule has 0 fully saturated rings. The zero-order valence-electron chi connectivity index (χ0n) is 11.4. The van der Waals surface area contributed by atoms with Crippen LogP contribution in [0, 0.1) is 0 Å². The van der Waals surface area contributed by atoms with Gasteiger partial charge in [-0.05, 0) is 38.8 Å². The number of rotatable bonds is 0. The van der Waals surface area contributed by atoms with Gasteiger partial charge in [-0.3, -0.25) is 4.79 Å². The first-order chi connectivity index (χ1) is 8.91. The predicted octanol–water partition coefficient (Wildman–Crippen LogP) is 2.35. The fourth-order valence-corrected chi connectivity index (χ4v) is 2.72. The molecule has 1 aromatic heterocycles. The van der Waals surface area contributed by atoms with E-state index >= 15 is 0 Å². The molecular weight excluding hydrogens is 242 g/mol. The second-order valence-electron chi connectivity index (χ2n) is 5.71. The maximum absolute atomic E-state index is 12.4. The lowest BCUT2D eigenvalue weighted by molar-refractivity contribution is 0.0860. The molecule has 0 bridgehead atoms. The number of ether oxygens (including phenoxy) is 1. The van der Waals surface area contributed by atoms with Crippen molar-refractivity contribution in [1.29, 1.82) is 0 Å². The standard InChI is InChI=1S/C15H17NO3/c1-15(2)8-7-10-13(19-15)9-5-4-6-11(17)12(9)16(3)14(10)18/h4-6,17H,7-8H2,1-3H3. The van der Waals surface area contributed by atoms with E-state index in [1.807, 2.05) is 19.9 Å². The Labute approximate surface area is 111 Å². The van der Waals surface area contributed by atoms with Crippen molar-refractivity contribution in [2.24, 2.45) is 7.05 Å². The van der Waals surface area contributed by atoms with Crippen molar-refractivity contribution in [3.05, 3.63) is 34.1 Å². The van der Waals surface area contributed by atoms with Gasteiger partial charge in [0.15, 0.2) is 0 Å². The van der Waals surface area contributed by atoms with Gasteiger partial charge in [-0.15, -0.1) is 0 Å². The maximum Gasteiger partial charge on any atom is 0.257 e. The van der Waals surface area contributed by atoms with Gasteiger partial charge in [0.05, 0.1) is 11.1 Å². The Balaban J connectivity index is 2.45. The first-order valence-electron chi connectivity index (χ1n) is 6.43. The lowest BCUT2D eigenvalue weighted by atomic mass is 9.93. The maximum atomic E-state index is 12.4. The van der Waals surface area contributed by atoms with Crippen molar-refractivity contribution in [3.8, 4) is 11.5 Å². The third kappa shape index (κ3) is 1.70. The smallest absolute Gasteiger partial charge is 0.257 e. The number of pyridine rings is 1. The molecular formula is C15H17NO3. The molecule has 2 aromatic rings. The van der Waals surface area contributed by atoms with Crippen LogP contribution in [0.5, 0.6) is 11.5 Å². The summed E-state index contributed by atoms with van der Waals surface area (Å²) in [7, 11) is 1.68. The molecule has 0 amide bonds. The Hall–Kier alpha value is -1.97. The third-order valence-corrected chi connectivity index (χ3v) is 3.79. The van der Waals surface area contributed by atoms with Crippen molar-refractivity contribution < 1.29 is 9.84 Å². The molecule has 0 atom stereocenters. The summed E-state index contributed by atoms with van der Waals surface area (Å²) in [4.78, 5) is 12.4. The number of phenols is 1. The number of benzene rings is 1. The SMILES string of the molecule is Cn1c(=O)c2c(c3cccc(O)c31)OC(C)(C)CC2. The van der Waals surface area contributed by atoms with E-state index in [4.69, 9.17) is 4.74 Å². The molecule has 0 saturated carbocycles. The highest BCUT2D eigenvalue weighted by molar-refractivity contribution is 5.91. The van der Waals surface area contributed by atoms with Crippen molar-refractivity contribution in [3.63, 3.8) is 0 Å². The molecule has 4 nitrogen and oxygen atoms in total. The summed E-state index contributed by atoms with van der Waals surface area (Å²) in [5, 5.41) is 10.8. The van der Waals surface area contributed by atoms with E-state index < -0.39 is 0 Å². The van der Waals surface area contributed by atoms with E-state index in [9.17, 15) is 9.90 Å². The number of aryl methyl sites for hydroxylation is 1. The van der Waals surface area contributed by atoms with Crippen molar-refractivity contribution in [1.82, 2.24) is 4.57 Å². The van der Waals surface area contributed by atoms with E-state index in [-0.39, 0.29) is 16.9 Å². The van der Waals surface area contributed by atoms with Crippen LogP contribution in [0.1, 0.15) is 25.8 Å². The number of nitrogens with zero attached hydrogens (tertiary/aromatic N) is 1. The molecule has 0 spiro atoms. The highest BCUT2D eigenvalue weighted by Gasteiger charge is 2.30. The van der Waals surface area contributed by atoms with Crippen LogP contribution in [0.2, 0.25) is 0 Å². The number of hydrogen-bond acceptors (Lipinski definition) is 3. The topological polar surface area (TPSA) is 51.5 Å². The zero-order chi connectivity index (χ0) is 13.8. The van der Waals surface area contributed by atoms with Crippen LogP contribution in [0.25, 0.3) is 10.9 Å². The predicted molar refractivity (Wildman–Crippen MR) is 73.9 cm³/mol. The normalized spacial score (nSPS) is 17.0. The van der Waals surface area contributed by atoms with Gasteiger partial charge in [-0.25, -0.2) is 0 Å². The molecule has 0 unspecified atom stereocenters. The van der Waals surface area contributed by atoms with Gasteiger partial charge in [0.2, 0.25) is 0 Å². The second kappa shape index (κ2) is 3.76. The highest BCUT2D eigenvalue weighted by Crippen LogP contribution is 2.38. The minimum Gasteiger partial charge on any atom is -0.506 e. The zero-order valence-corrected chi connectivity index (χ0v) is 11.4. The summed E-state index contributed by atoms with van der Waals surface area (Å²) in [6, 6.07) is 5.24. The molecule has 19 heavy (non-hydrogen) atoms. The van der Waals surface area contributed by atoms with Crippen molar-refractivity contribution in [2.45, 2.75) is 32.3 Å². The van der Waals surface area contributed by atoms with Crippen molar-refractivity contribution >= 4 is 10.9 Å². The third-order valence-electron chi connectivity index (χ3n) is 3.79. The van der Waals surface area contributed by atoms with Crippen molar-refractivity contribution in [2.75, 3.05) is 0 Å². The van der Waals surface area contributed by atoms with Gasteiger partial charge in [-0.1, -0.05) is 6.07 Å². The number of aromatic nitrogens is 1. The van der Waals surface area contributed by atoms with Crippen LogP contribution in [0.15, 0.2) is 23.0 Å². The first kappa shape index (κ1) is 12.1. The largest absolute Gasteiger partial charge is 0.506 e. The summed E-state index contributed by atoms with van der Waals surface area (Å²) < 4.78 is 7.50. The average Bonchev–Trinajstić information content (AvgIpc) is 2.34. The second-order valence-corrected chi connectivity index (χ2v) is 5.71. The van der Waals surface area contributed by atoms with Crippen LogP contribution >= 0.6 is 0 Å². The Morgan fingerprint density at radius 1 is 1.37 bits per heavy atom. The van der Waals surface area contributed by atoms with Crippen LogP contribution < -0.4 is 10.3 Å². The molecule has 1 aliphatic rings. The number of aromatic hydroxyl groups is 1. The van der Waals surface area contributed by atoms with Gasteiger partial charge >= 0.3 is 0 Å². The quantitative estimate of drug-likeness (QED) is 0.790. The number of para-hydroxylation sites is 1. The van der Waals surface area contributed by atoms with E-state index in [1.165, 1.54) is 4.57 Å². The molecule has 4 heteroatoms. The average molecular weight is 259 g/mol. The van der Waals surface area contributed by atoms with Crippen LogP contribution in [0.4, 0.5) is 0 Å². The summed E-state index contributed by atoms with van der Waals surface area (Å²) in [5.41, 5.74) is 0.876. The summed E-state index contributed by atoms with van der Waals surface area (Å²) in [6.07, 6.45) is 1.53. The summed E-state index contributed by atoms with van der Waals surface area (Å²) in [5.74, 6) is 0.733. The van der Waals surface area contributed by atoms with E-state index in [0.717, 1.165) is 11.8 Å². The minimum atomic E-state index is -0.280. The van der Waals surface area contributed by atoms with Gasteiger partial charge in [-0.2, -0.15) is 0 Å². The highest BCUT2D eigenvalue weighted by atomic mass is 16.5. The Kier molecular flexibility index (Phi) is 2.39. The fraction of sp³-hybridized carbons (Fsp3) is 0.400. The van der Waals surface area contributed by atoms with E-state index in [1.54, 1.807) is 19.2 Å². The Morgan fingerprint density at radius 3 is 2.84 bits per heavy atom. The van der Waals surface area contributed by atoms with Gasteiger partial charge in [0.25, 0.3) is 5.56 Å². The van der Waals surface area contributed by atoms with Crippen LogP contribution in [0.3, 0.4) is 0 Å². The molecule has 1 aromatic carbocycles. The number of fused-ring (bicyclic) bond motifs is 3. The molecule has 0 radical (unpaired) electrons. The lowest BCUT2D eigenvalue weighted by Crippen LogP contribution is -2.36. The minimum absolute atomic E-state index is 0.0838. The molecule has 1 N–H and O–H groups in total. The molecule has 100 valence electrons. The van der Waals surface area contributed by atoms with Crippen LogP contribution in [-0.2, 0) is 13.5 Å². The Bertz CT molecular complexity index is 728. The molecule has 0 aliphatic carbocycles. The summed E-state index contributed by atoms with van der Waals surface area (Å²) in [6.45, 7) is 4.03. The van der Waals surface area contributed by atoms with Gasteiger partial charge in [0.1, 0.15) is 17.1 Å². The molecule has 3 rings (SSSR count). The fourth-order valence-electron chi connectivity index (χ4n) is 2.72. The lowest BCUT2D eigenvalue weighted by Gasteiger charge is -2.33. The van der Waals surface area contributed by atoms with E-state index in [0.29, 0.717) is 23.3 Å². The summed E-state index contributed by atoms with van der Waals surface area (Å²) >= 11 is 0. The van der Waals surface area contributed by atoms with Gasteiger partial charge < -0.3 is 14.4 Å². The van der Waals surface area contributed by atoms with Crippen LogP contribution in [-0.4, -0.2) is 15.3 Å². The molecule has 2 heterocycles. The van der Waals surface area contributed by atoms with Gasteiger partial charge in [0, 0.05) is 12.4 Å². The first-order valence-corrected chi connectivity index (χ1v) is 6.43.